The van der Waals surface area contributed by atoms with Crippen molar-refractivity contribution >= 4 is 11.8 Å². The molecule has 4 heteroatoms. The van der Waals surface area contributed by atoms with Crippen LogP contribution in [-0.4, -0.2) is 18.4 Å². The Morgan fingerprint density at radius 1 is 0.871 bits per heavy atom. The lowest BCUT2D eigenvalue weighted by Crippen LogP contribution is -2.14. The summed E-state index contributed by atoms with van der Waals surface area (Å²) in [6, 6.07) is 27.0. The molecule has 3 rings (SSSR count). The summed E-state index contributed by atoms with van der Waals surface area (Å²) in [4.78, 5) is 25.1. The quantitative estimate of drug-likeness (QED) is 0.286. The minimum Gasteiger partial charge on any atom is -0.489 e. The maximum atomic E-state index is 13.4. The normalized spacial score (nSPS) is 11.5. The molecule has 0 aliphatic heterocycles. The van der Waals surface area contributed by atoms with Gasteiger partial charge in [0, 0.05) is 17.9 Å². The zero-order valence-corrected chi connectivity index (χ0v) is 17.8. The molecule has 0 spiro atoms. The number of carbonyl (C=O) groups is 2. The molecule has 1 unspecified atom stereocenters. The summed E-state index contributed by atoms with van der Waals surface area (Å²) in [6.07, 6.45) is 1.48. The van der Waals surface area contributed by atoms with Gasteiger partial charge in [0.2, 0.25) is 0 Å². The predicted molar refractivity (Wildman–Crippen MR) is 121 cm³/mol. The monoisotopic (exact) mass is 416 g/mol. The molecule has 0 amide bonds. The molecule has 3 aromatic carbocycles. The molecule has 31 heavy (non-hydrogen) atoms. The topological polar surface area (TPSA) is 52.6 Å². The van der Waals surface area contributed by atoms with E-state index in [1.807, 2.05) is 78.9 Å². The van der Waals surface area contributed by atoms with Crippen LogP contribution >= 0.6 is 0 Å². The second-order valence-electron chi connectivity index (χ2n) is 7.33. The maximum absolute atomic E-state index is 13.4. The number of benzene rings is 3. The van der Waals surface area contributed by atoms with Gasteiger partial charge in [-0.25, -0.2) is 0 Å². The van der Waals surface area contributed by atoms with Gasteiger partial charge in [-0.2, -0.15) is 0 Å². The fourth-order valence-corrected chi connectivity index (χ4v) is 3.50. The molecule has 0 aliphatic carbocycles. The Morgan fingerprint density at radius 2 is 1.58 bits per heavy atom. The Bertz CT molecular complexity index is 967. The van der Waals surface area contributed by atoms with E-state index in [9.17, 15) is 9.59 Å². The minimum absolute atomic E-state index is 0.0280. The SMILES string of the molecule is CCOC(=O)CCCC(C(=O)c1cccc(OCc2ccccc2)c1)c1ccccc1. The summed E-state index contributed by atoms with van der Waals surface area (Å²) < 4.78 is 10.9. The third-order valence-electron chi connectivity index (χ3n) is 5.06. The van der Waals surface area contributed by atoms with E-state index in [1.165, 1.54) is 0 Å². The predicted octanol–water partition coefficient (Wildman–Crippen LogP) is 5.97. The first-order valence-electron chi connectivity index (χ1n) is 10.7. The van der Waals surface area contributed by atoms with Crippen molar-refractivity contribution in [3.63, 3.8) is 0 Å². The smallest absolute Gasteiger partial charge is 0.305 e. The van der Waals surface area contributed by atoms with E-state index in [1.54, 1.807) is 13.0 Å². The number of rotatable bonds is 11. The lowest BCUT2D eigenvalue weighted by atomic mass is 9.86. The van der Waals surface area contributed by atoms with Gasteiger partial charge in [-0.05, 0) is 43.0 Å². The van der Waals surface area contributed by atoms with Crippen molar-refractivity contribution in [3.05, 3.63) is 102 Å². The highest BCUT2D eigenvalue weighted by molar-refractivity contribution is 6.01. The van der Waals surface area contributed by atoms with Crippen LogP contribution < -0.4 is 4.74 Å². The van der Waals surface area contributed by atoms with Gasteiger partial charge in [0.05, 0.1) is 6.61 Å². The number of carbonyl (C=O) groups excluding carboxylic acids is 2. The molecule has 4 nitrogen and oxygen atoms in total. The van der Waals surface area contributed by atoms with Crippen LogP contribution in [0.4, 0.5) is 0 Å². The Labute approximate surface area is 183 Å². The van der Waals surface area contributed by atoms with Crippen LogP contribution in [0.3, 0.4) is 0 Å². The third-order valence-corrected chi connectivity index (χ3v) is 5.06. The summed E-state index contributed by atoms with van der Waals surface area (Å²) in [7, 11) is 0. The van der Waals surface area contributed by atoms with Crippen molar-refractivity contribution in [3.8, 4) is 5.75 Å². The third kappa shape index (κ3) is 6.82. The van der Waals surface area contributed by atoms with Gasteiger partial charge < -0.3 is 9.47 Å². The van der Waals surface area contributed by atoms with Crippen LogP contribution in [0, 0.1) is 0 Å². The molecule has 0 saturated heterocycles. The highest BCUT2D eigenvalue weighted by Crippen LogP contribution is 2.28. The number of ketones is 1. The first-order valence-corrected chi connectivity index (χ1v) is 10.7. The number of esters is 1. The van der Waals surface area contributed by atoms with Gasteiger partial charge >= 0.3 is 5.97 Å². The molecule has 0 aliphatic rings. The van der Waals surface area contributed by atoms with Crippen LogP contribution in [-0.2, 0) is 16.1 Å². The van der Waals surface area contributed by atoms with Crippen LogP contribution in [0.15, 0.2) is 84.9 Å². The van der Waals surface area contributed by atoms with Crippen LogP contribution in [0.5, 0.6) is 5.75 Å². The Hall–Kier alpha value is -3.40. The lowest BCUT2D eigenvalue weighted by Gasteiger charge is -2.17. The number of ether oxygens (including phenoxy) is 2. The van der Waals surface area contributed by atoms with E-state index in [0.717, 1.165) is 11.1 Å². The summed E-state index contributed by atoms with van der Waals surface area (Å²) in [5.41, 5.74) is 2.63. The molecular weight excluding hydrogens is 388 g/mol. The van der Waals surface area contributed by atoms with E-state index in [0.29, 0.717) is 43.8 Å². The van der Waals surface area contributed by atoms with Gasteiger partial charge in [0.25, 0.3) is 0 Å². The van der Waals surface area contributed by atoms with E-state index < -0.39 is 0 Å². The second-order valence-corrected chi connectivity index (χ2v) is 7.33. The minimum atomic E-state index is -0.319. The zero-order chi connectivity index (χ0) is 21.9. The Kier molecular flexibility index (Phi) is 8.41. The standard InChI is InChI=1S/C27H28O4/c1-2-30-26(28)18-10-17-25(22-13-7-4-8-14-22)27(29)23-15-9-16-24(19-23)31-20-21-11-5-3-6-12-21/h3-9,11-16,19,25H,2,10,17-18,20H2,1H3. The molecule has 1 atom stereocenters. The fourth-order valence-electron chi connectivity index (χ4n) is 3.50. The van der Waals surface area contributed by atoms with E-state index in [-0.39, 0.29) is 17.7 Å². The van der Waals surface area contributed by atoms with Gasteiger partial charge in [-0.1, -0.05) is 72.8 Å². The summed E-state index contributed by atoms with van der Waals surface area (Å²) in [5, 5.41) is 0. The highest BCUT2D eigenvalue weighted by atomic mass is 16.5. The molecule has 0 fully saturated rings. The molecule has 3 aromatic rings. The largest absolute Gasteiger partial charge is 0.489 e. The van der Waals surface area contributed by atoms with Gasteiger partial charge in [0.15, 0.2) is 5.78 Å². The van der Waals surface area contributed by atoms with Crippen molar-refractivity contribution in [2.45, 2.75) is 38.7 Å². The Balaban J connectivity index is 1.71. The molecule has 0 saturated carbocycles. The van der Waals surface area contributed by atoms with E-state index in [4.69, 9.17) is 9.47 Å². The molecule has 160 valence electrons. The first-order chi connectivity index (χ1) is 15.2. The van der Waals surface area contributed by atoms with Crippen molar-refractivity contribution in [2.24, 2.45) is 0 Å². The van der Waals surface area contributed by atoms with Gasteiger partial charge in [-0.3, -0.25) is 9.59 Å². The molecule has 0 bridgehead atoms. The second kappa shape index (κ2) is 11.7. The highest BCUT2D eigenvalue weighted by Gasteiger charge is 2.22. The molecule has 0 N–H and O–H groups in total. The average molecular weight is 417 g/mol. The van der Waals surface area contributed by atoms with Crippen LogP contribution in [0.2, 0.25) is 0 Å². The fraction of sp³-hybridized carbons (Fsp3) is 0.259. The van der Waals surface area contributed by atoms with Gasteiger partial charge in [0.1, 0.15) is 12.4 Å². The van der Waals surface area contributed by atoms with Gasteiger partial charge in [-0.15, -0.1) is 0 Å². The van der Waals surface area contributed by atoms with Crippen LogP contribution in [0.1, 0.15) is 53.6 Å². The summed E-state index contributed by atoms with van der Waals surface area (Å²) in [6.45, 7) is 2.61. The van der Waals surface area contributed by atoms with E-state index in [2.05, 4.69) is 0 Å². The van der Waals surface area contributed by atoms with Crippen molar-refractivity contribution in [1.29, 1.82) is 0 Å². The van der Waals surface area contributed by atoms with Crippen molar-refractivity contribution in [2.75, 3.05) is 6.61 Å². The average Bonchev–Trinajstić information content (AvgIpc) is 2.82. The van der Waals surface area contributed by atoms with Crippen molar-refractivity contribution < 1.29 is 19.1 Å². The number of hydrogen-bond acceptors (Lipinski definition) is 4. The Morgan fingerprint density at radius 3 is 2.29 bits per heavy atom. The summed E-state index contributed by atoms with van der Waals surface area (Å²) >= 11 is 0. The van der Waals surface area contributed by atoms with E-state index >= 15 is 0 Å². The molecular formula is C27H28O4. The zero-order valence-electron chi connectivity index (χ0n) is 17.8. The summed E-state index contributed by atoms with van der Waals surface area (Å²) in [5.74, 6) is 0.145. The van der Waals surface area contributed by atoms with Crippen LogP contribution in [0.25, 0.3) is 0 Å². The van der Waals surface area contributed by atoms with Crippen molar-refractivity contribution in [1.82, 2.24) is 0 Å². The molecule has 0 radical (unpaired) electrons. The molecule has 0 heterocycles. The first kappa shape index (κ1) is 22.3. The lowest BCUT2D eigenvalue weighted by molar-refractivity contribution is -0.143. The molecule has 0 aromatic heterocycles. The maximum Gasteiger partial charge on any atom is 0.305 e. The number of Topliss-reactive ketones (excluding diaryl/α,β-unsaturated/α-hetero) is 1. The number of hydrogen-bond donors (Lipinski definition) is 0.